The van der Waals surface area contributed by atoms with Gasteiger partial charge in [-0.05, 0) is 12.1 Å². The molecule has 2 aromatic rings. The van der Waals surface area contributed by atoms with Crippen LogP contribution in [-0.2, 0) is 0 Å². The number of rotatable bonds is 0. The van der Waals surface area contributed by atoms with Crippen molar-refractivity contribution in [1.29, 1.82) is 0 Å². The van der Waals surface area contributed by atoms with Crippen LogP contribution in [0.1, 0.15) is 0 Å². The minimum absolute atomic E-state index is 0. The average Bonchev–Trinajstić information content (AvgIpc) is 2.22. The average molecular weight is 276 g/mol. The minimum Gasteiger partial charge on any atom is -0.508 e. The molecule has 0 heterocycles. The van der Waals surface area contributed by atoms with E-state index in [9.17, 15) is 0 Å². The summed E-state index contributed by atoms with van der Waals surface area (Å²) in [5.41, 5.74) is 0. The fraction of sp³-hybridized carbons (Fsp3) is 0. The Labute approximate surface area is 117 Å². The summed E-state index contributed by atoms with van der Waals surface area (Å²) in [7, 11) is 0. The molecule has 0 saturated carbocycles. The Balaban J connectivity index is 0. The number of phenols is 1. The van der Waals surface area contributed by atoms with Gasteiger partial charge in [0.1, 0.15) is 5.75 Å². The first-order chi connectivity index (χ1) is 6.39. The van der Waals surface area contributed by atoms with Gasteiger partial charge in [-0.15, -0.1) is 17.0 Å². The Hall–Kier alpha value is -0.514. The molecule has 0 amide bonds. The van der Waals surface area contributed by atoms with Crippen LogP contribution in [0.3, 0.4) is 0 Å². The van der Waals surface area contributed by atoms with E-state index >= 15 is 0 Å². The predicted molar refractivity (Wildman–Crippen MR) is 69.5 cm³/mol. The van der Waals surface area contributed by atoms with Crippen LogP contribution in [0.15, 0.2) is 60.7 Å². The Morgan fingerprint density at radius 2 is 1.27 bits per heavy atom. The fourth-order valence-corrected chi connectivity index (χ4v) is 0.770. The van der Waals surface area contributed by atoms with E-state index < -0.39 is 0 Å². The van der Waals surface area contributed by atoms with E-state index in [-0.39, 0.29) is 40.0 Å². The number of aromatic hydroxyl groups is 1. The van der Waals surface area contributed by atoms with Gasteiger partial charge in [0.2, 0.25) is 0 Å². The summed E-state index contributed by atoms with van der Waals surface area (Å²) < 4.78 is 0. The normalized spacial score (nSPS) is 7.20. The first kappa shape index (κ1) is 16.9. The third-order valence-electron chi connectivity index (χ3n) is 1.36. The maximum atomic E-state index is 8.63. The van der Waals surface area contributed by atoms with Gasteiger partial charge in [-0.1, -0.05) is 18.2 Å². The molecule has 0 radical (unpaired) electrons. The van der Waals surface area contributed by atoms with E-state index in [2.05, 4.69) is 6.07 Å². The first-order valence-corrected chi connectivity index (χ1v) is 4.04. The Morgan fingerprint density at radius 1 is 0.800 bits per heavy atom. The van der Waals surface area contributed by atoms with E-state index in [1.807, 2.05) is 36.4 Å². The molecule has 2 rings (SSSR count). The van der Waals surface area contributed by atoms with Crippen molar-refractivity contribution in [2.24, 2.45) is 0 Å². The van der Waals surface area contributed by atoms with Crippen LogP contribution in [0.4, 0.5) is 0 Å². The van der Waals surface area contributed by atoms with Crippen molar-refractivity contribution in [2.45, 2.75) is 0 Å². The summed E-state index contributed by atoms with van der Waals surface area (Å²) in [5, 5.41) is 8.63. The molecule has 0 aliphatic rings. The van der Waals surface area contributed by atoms with Crippen molar-refractivity contribution in [2.75, 3.05) is 0 Å². The zero-order valence-electron chi connectivity index (χ0n) is 8.34. The summed E-state index contributed by atoms with van der Waals surface area (Å²) in [6.07, 6.45) is 0. The standard InChI is InChI=1S/C6H6O.C6H5.BrH.Mg/c7-6-4-2-1-3-5-6;1-2-4-6-5-3-1;;/h1-5,7H;1-5H;1H;/q;-1;;+2. The Morgan fingerprint density at radius 3 is 1.47 bits per heavy atom. The molecule has 74 valence electrons. The van der Waals surface area contributed by atoms with Gasteiger partial charge < -0.3 is 5.11 Å². The zero-order valence-corrected chi connectivity index (χ0v) is 11.5. The topological polar surface area (TPSA) is 20.2 Å². The molecule has 15 heavy (non-hydrogen) atoms. The van der Waals surface area contributed by atoms with Crippen LogP contribution in [0.25, 0.3) is 0 Å². The quantitative estimate of drug-likeness (QED) is 0.579. The molecular weight excluding hydrogens is 264 g/mol. The van der Waals surface area contributed by atoms with Crippen LogP contribution < -0.4 is 0 Å². The molecule has 3 heteroatoms. The van der Waals surface area contributed by atoms with Gasteiger partial charge in [-0.25, -0.2) is 0 Å². The number of hydrogen-bond acceptors (Lipinski definition) is 1. The molecule has 0 saturated heterocycles. The van der Waals surface area contributed by atoms with Gasteiger partial charge in [0.25, 0.3) is 0 Å². The van der Waals surface area contributed by atoms with Crippen molar-refractivity contribution in [3.05, 3.63) is 66.7 Å². The molecule has 0 bridgehead atoms. The zero-order chi connectivity index (χ0) is 9.36. The number of para-hydroxylation sites is 1. The van der Waals surface area contributed by atoms with Crippen molar-refractivity contribution in [1.82, 2.24) is 0 Å². The molecule has 1 N–H and O–H groups in total. The largest absolute Gasteiger partial charge is 2.00 e. The molecule has 0 unspecified atom stereocenters. The van der Waals surface area contributed by atoms with Crippen molar-refractivity contribution in [3.8, 4) is 5.75 Å². The van der Waals surface area contributed by atoms with Crippen LogP contribution in [0, 0.1) is 6.07 Å². The van der Waals surface area contributed by atoms with E-state index in [1.165, 1.54) is 0 Å². The minimum atomic E-state index is 0. The molecular formula is C12H12BrMgO+. The third kappa shape index (κ3) is 9.78. The van der Waals surface area contributed by atoms with Gasteiger partial charge in [0.15, 0.2) is 0 Å². The molecule has 1 nitrogen and oxygen atoms in total. The van der Waals surface area contributed by atoms with Gasteiger partial charge in [0.05, 0.1) is 0 Å². The van der Waals surface area contributed by atoms with Crippen molar-refractivity contribution in [3.63, 3.8) is 0 Å². The summed E-state index contributed by atoms with van der Waals surface area (Å²) in [4.78, 5) is 0. The van der Waals surface area contributed by atoms with Gasteiger partial charge in [-0.3, -0.25) is 0 Å². The fourth-order valence-electron chi connectivity index (χ4n) is 0.770. The van der Waals surface area contributed by atoms with Crippen molar-refractivity contribution < 1.29 is 5.11 Å². The monoisotopic (exact) mass is 275 g/mol. The molecule has 0 spiro atoms. The molecule has 0 aromatic heterocycles. The van der Waals surface area contributed by atoms with Gasteiger partial charge in [0, 0.05) is 0 Å². The summed E-state index contributed by atoms with van der Waals surface area (Å²) in [5.74, 6) is 0.322. The number of phenolic OH excluding ortho intramolecular Hbond substituents is 1. The first-order valence-electron chi connectivity index (χ1n) is 4.04. The number of hydrogen-bond donors (Lipinski definition) is 1. The second-order valence-electron chi connectivity index (χ2n) is 2.41. The second-order valence-corrected chi connectivity index (χ2v) is 2.41. The molecule has 2 aromatic carbocycles. The SMILES string of the molecule is Br.Oc1ccccc1.[Mg+2].[c-]1ccccc1. The second kappa shape index (κ2) is 11.6. The van der Waals surface area contributed by atoms with E-state index in [4.69, 9.17) is 5.11 Å². The maximum absolute atomic E-state index is 8.63. The van der Waals surface area contributed by atoms with E-state index in [1.54, 1.807) is 24.3 Å². The smallest absolute Gasteiger partial charge is 0.508 e. The van der Waals surface area contributed by atoms with Gasteiger partial charge in [-0.2, -0.15) is 36.4 Å². The molecule has 0 fully saturated rings. The molecule has 0 aliphatic heterocycles. The summed E-state index contributed by atoms with van der Waals surface area (Å²) >= 11 is 0. The third-order valence-corrected chi connectivity index (χ3v) is 1.36. The maximum Gasteiger partial charge on any atom is 2.00 e. The molecule has 0 atom stereocenters. The van der Waals surface area contributed by atoms with Gasteiger partial charge >= 0.3 is 23.1 Å². The van der Waals surface area contributed by atoms with Crippen LogP contribution in [0.2, 0.25) is 0 Å². The molecule has 0 aliphatic carbocycles. The van der Waals surface area contributed by atoms with Crippen LogP contribution in [0.5, 0.6) is 5.75 Å². The van der Waals surface area contributed by atoms with E-state index in [0.717, 1.165) is 0 Å². The van der Waals surface area contributed by atoms with E-state index in [0.29, 0.717) is 5.75 Å². The van der Waals surface area contributed by atoms with Crippen LogP contribution >= 0.6 is 17.0 Å². The number of halogens is 1. The Bertz CT molecular complexity index is 286. The van der Waals surface area contributed by atoms with Crippen molar-refractivity contribution >= 4 is 40.0 Å². The summed E-state index contributed by atoms with van der Waals surface area (Å²) in [6.45, 7) is 0. The predicted octanol–water partition coefficient (Wildman–Crippen LogP) is 3.08. The Kier molecular flexibility index (Phi) is 13.0. The number of benzene rings is 2. The van der Waals surface area contributed by atoms with Crippen LogP contribution in [-0.4, -0.2) is 28.2 Å². The summed E-state index contributed by atoms with van der Waals surface area (Å²) in [6, 6.07) is 21.2.